The molecule has 0 aromatic heterocycles. The Hall–Kier alpha value is -2.11. The number of rotatable bonds is 6. The van der Waals surface area contributed by atoms with Gasteiger partial charge in [-0.1, -0.05) is 6.42 Å². The van der Waals surface area contributed by atoms with Crippen molar-refractivity contribution in [3.05, 3.63) is 29.6 Å². The van der Waals surface area contributed by atoms with E-state index in [-0.39, 0.29) is 23.1 Å². The van der Waals surface area contributed by atoms with Gasteiger partial charge in [0.1, 0.15) is 11.6 Å². The van der Waals surface area contributed by atoms with Gasteiger partial charge in [0.2, 0.25) is 5.91 Å². The SMILES string of the molecule is CN(CCCNC(=O)c1cc(F)ccc1O)C(=O)C1CCC1. The van der Waals surface area contributed by atoms with E-state index in [2.05, 4.69) is 5.32 Å². The minimum absolute atomic E-state index is 0.0844. The van der Waals surface area contributed by atoms with E-state index >= 15 is 0 Å². The Balaban J connectivity index is 1.72. The summed E-state index contributed by atoms with van der Waals surface area (Å²) in [7, 11) is 1.76. The van der Waals surface area contributed by atoms with Gasteiger partial charge in [0.05, 0.1) is 5.56 Å². The van der Waals surface area contributed by atoms with Gasteiger partial charge in [-0.15, -0.1) is 0 Å². The molecule has 0 heterocycles. The maximum atomic E-state index is 13.1. The van der Waals surface area contributed by atoms with Crippen molar-refractivity contribution < 1.29 is 19.1 Å². The van der Waals surface area contributed by atoms with Gasteiger partial charge in [0.25, 0.3) is 5.91 Å². The van der Waals surface area contributed by atoms with Crippen LogP contribution in [0.15, 0.2) is 18.2 Å². The number of halogens is 1. The Morgan fingerprint density at radius 3 is 2.77 bits per heavy atom. The number of phenolic OH excluding ortho intramolecular Hbond substituents is 1. The van der Waals surface area contributed by atoms with E-state index in [9.17, 15) is 19.1 Å². The summed E-state index contributed by atoms with van der Waals surface area (Å²) in [4.78, 5) is 25.5. The summed E-state index contributed by atoms with van der Waals surface area (Å²) >= 11 is 0. The second-order valence-corrected chi connectivity index (χ2v) is 5.66. The van der Waals surface area contributed by atoms with Gasteiger partial charge in [-0.05, 0) is 37.5 Å². The van der Waals surface area contributed by atoms with Crippen molar-refractivity contribution in [3.8, 4) is 5.75 Å². The van der Waals surface area contributed by atoms with Crippen LogP contribution in [-0.4, -0.2) is 42.0 Å². The first-order chi connectivity index (χ1) is 10.5. The maximum absolute atomic E-state index is 13.1. The fourth-order valence-corrected chi connectivity index (χ4v) is 2.38. The van der Waals surface area contributed by atoms with E-state index in [0.717, 1.165) is 37.5 Å². The monoisotopic (exact) mass is 308 g/mol. The van der Waals surface area contributed by atoms with E-state index in [0.29, 0.717) is 19.5 Å². The van der Waals surface area contributed by atoms with Crippen LogP contribution in [0.25, 0.3) is 0 Å². The second kappa shape index (κ2) is 7.24. The summed E-state index contributed by atoms with van der Waals surface area (Å²) in [6.07, 6.45) is 3.67. The third-order valence-electron chi connectivity index (χ3n) is 3.99. The summed E-state index contributed by atoms with van der Waals surface area (Å²) in [5.74, 6) is -1.01. The zero-order valence-corrected chi connectivity index (χ0v) is 12.6. The zero-order chi connectivity index (χ0) is 16.1. The molecule has 0 aliphatic heterocycles. The molecular weight excluding hydrogens is 287 g/mol. The Labute approximate surface area is 129 Å². The van der Waals surface area contributed by atoms with Gasteiger partial charge in [0, 0.05) is 26.1 Å². The molecule has 2 amide bonds. The number of aromatic hydroxyl groups is 1. The number of amides is 2. The average molecular weight is 308 g/mol. The van der Waals surface area contributed by atoms with Crippen LogP contribution in [0, 0.1) is 11.7 Å². The number of nitrogens with zero attached hydrogens (tertiary/aromatic N) is 1. The lowest BCUT2D eigenvalue weighted by Gasteiger charge is -2.29. The second-order valence-electron chi connectivity index (χ2n) is 5.66. The topological polar surface area (TPSA) is 69.6 Å². The molecule has 1 aromatic carbocycles. The van der Waals surface area contributed by atoms with Crippen molar-refractivity contribution in [2.45, 2.75) is 25.7 Å². The molecular formula is C16H21FN2O3. The number of nitrogens with one attached hydrogen (secondary N) is 1. The van der Waals surface area contributed by atoms with Gasteiger partial charge in [-0.25, -0.2) is 4.39 Å². The van der Waals surface area contributed by atoms with Crippen molar-refractivity contribution in [2.75, 3.05) is 20.1 Å². The molecule has 22 heavy (non-hydrogen) atoms. The largest absolute Gasteiger partial charge is 0.507 e. The molecule has 1 aliphatic rings. The lowest BCUT2D eigenvalue weighted by molar-refractivity contribution is -0.136. The van der Waals surface area contributed by atoms with E-state index in [1.165, 1.54) is 0 Å². The van der Waals surface area contributed by atoms with E-state index in [1.807, 2.05) is 0 Å². The van der Waals surface area contributed by atoms with Crippen LogP contribution in [0.1, 0.15) is 36.0 Å². The highest BCUT2D eigenvalue weighted by Crippen LogP contribution is 2.27. The normalized spacial score (nSPS) is 14.3. The fourth-order valence-electron chi connectivity index (χ4n) is 2.38. The summed E-state index contributed by atoms with van der Waals surface area (Å²) in [6, 6.07) is 3.24. The molecule has 6 heteroatoms. The number of hydrogen-bond acceptors (Lipinski definition) is 3. The molecule has 0 radical (unpaired) electrons. The Bertz CT molecular complexity index is 558. The predicted molar refractivity (Wildman–Crippen MR) is 80.0 cm³/mol. The van der Waals surface area contributed by atoms with Crippen LogP contribution in [0.3, 0.4) is 0 Å². The van der Waals surface area contributed by atoms with Crippen LogP contribution < -0.4 is 5.32 Å². The quantitative estimate of drug-likeness (QED) is 0.789. The molecule has 1 fully saturated rings. The third kappa shape index (κ3) is 3.96. The van der Waals surface area contributed by atoms with Gasteiger partial charge >= 0.3 is 0 Å². The van der Waals surface area contributed by atoms with Crippen molar-refractivity contribution in [1.82, 2.24) is 10.2 Å². The highest BCUT2D eigenvalue weighted by atomic mass is 19.1. The molecule has 0 saturated heterocycles. The lowest BCUT2D eigenvalue weighted by Crippen LogP contribution is -2.37. The molecule has 0 spiro atoms. The van der Waals surface area contributed by atoms with Crippen LogP contribution in [0.2, 0.25) is 0 Å². The molecule has 1 aliphatic carbocycles. The van der Waals surface area contributed by atoms with Gasteiger partial charge in [-0.2, -0.15) is 0 Å². The van der Waals surface area contributed by atoms with Crippen molar-refractivity contribution in [3.63, 3.8) is 0 Å². The van der Waals surface area contributed by atoms with Crippen molar-refractivity contribution >= 4 is 11.8 Å². The fraction of sp³-hybridized carbons (Fsp3) is 0.500. The Morgan fingerprint density at radius 2 is 2.14 bits per heavy atom. The highest BCUT2D eigenvalue weighted by Gasteiger charge is 2.27. The maximum Gasteiger partial charge on any atom is 0.255 e. The van der Waals surface area contributed by atoms with Crippen molar-refractivity contribution in [2.24, 2.45) is 5.92 Å². The molecule has 1 saturated carbocycles. The van der Waals surface area contributed by atoms with E-state index in [4.69, 9.17) is 0 Å². The number of hydrogen-bond donors (Lipinski definition) is 2. The summed E-state index contributed by atoms with van der Waals surface area (Å²) in [5, 5.41) is 12.2. The van der Waals surface area contributed by atoms with Crippen LogP contribution in [0.5, 0.6) is 5.75 Å². The first kappa shape index (κ1) is 16.3. The number of carbonyl (C=O) groups excluding carboxylic acids is 2. The number of benzene rings is 1. The minimum atomic E-state index is -0.575. The van der Waals surface area contributed by atoms with E-state index < -0.39 is 11.7 Å². The first-order valence-electron chi connectivity index (χ1n) is 7.50. The summed E-state index contributed by atoms with van der Waals surface area (Å²) in [6.45, 7) is 0.918. The van der Waals surface area contributed by atoms with Gasteiger partial charge in [-0.3, -0.25) is 9.59 Å². The number of phenols is 1. The molecule has 0 bridgehead atoms. The molecule has 0 unspecified atom stereocenters. The van der Waals surface area contributed by atoms with Gasteiger partial charge in [0.15, 0.2) is 0 Å². The van der Waals surface area contributed by atoms with Crippen molar-refractivity contribution in [1.29, 1.82) is 0 Å². The van der Waals surface area contributed by atoms with E-state index in [1.54, 1.807) is 11.9 Å². The summed E-state index contributed by atoms with van der Waals surface area (Å²) < 4.78 is 13.1. The van der Waals surface area contributed by atoms with Gasteiger partial charge < -0.3 is 15.3 Å². The number of carbonyl (C=O) groups is 2. The zero-order valence-electron chi connectivity index (χ0n) is 12.6. The third-order valence-corrected chi connectivity index (χ3v) is 3.99. The lowest BCUT2D eigenvalue weighted by atomic mass is 9.84. The Morgan fingerprint density at radius 1 is 1.41 bits per heavy atom. The highest BCUT2D eigenvalue weighted by molar-refractivity contribution is 5.96. The molecule has 2 rings (SSSR count). The average Bonchev–Trinajstić information content (AvgIpc) is 2.43. The molecule has 5 nitrogen and oxygen atoms in total. The Kier molecular flexibility index (Phi) is 5.35. The standard InChI is InChI=1S/C16H21FN2O3/c1-19(16(22)11-4-2-5-11)9-3-8-18-15(21)13-10-12(17)6-7-14(13)20/h6-7,10-11,20H,2-5,8-9H2,1H3,(H,18,21). The first-order valence-corrected chi connectivity index (χ1v) is 7.50. The predicted octanol–water partition coefficient (Wildman–Crippen LogP) is 1.91. The molecule has 120 valence electrons. The molecule has 0 atom stereocenters. The van der Waals surface area contributed by atoms with Crippen LogP contribution in [-0.2, 0) is 4.79 Å². The molecule has 1 aromatic rings. The summed E-state index contributed by atoms with van der Waals surface area (Å²) in [5.41, 5.74) is -0.0844. The van der Waals surface area contributed by atoms with Crippen LogP contribution >= 0.6 is 0 Å². The minimum Gasteiger partial charge on any atom is -0.507 e. The smallest absolute Gasteiger partial charge is 0.255 e. The van der Waals surface area contributed by atoms with Crippen LogP contribution in [0.4, 0.5) is 4.39 Å². The molecule has 2 N–H and O–H groups in total.